The molecule has 109 valence electrons. The molecule has 3 heteroatoms. The zero-order valence-corrected chi connectivity index (χ0v) is 14.4. The van der Waals surface area contributed by atoms with Crippen molar-refractivity contribution in [1.82, 2.24) is 0 Å². The van der Waals surface area contributed by atoms with Gasteiger partial charge in [-0.05, 0) is 37.5 Å². The normalized spacial score (nSPS) is 11.1. The summed E-state index contributed by atoms with van der Waals surface area (Å²) in [5.74, 6) is 0. The van der Waals surface area contributed by atoms with Crippen molar-refractivity contribution in [2.75, 3.05) is 11.1 Å². The zero-order valence-electron chi connectivity index (χ0n) is 13.4. The van der Waals surface area contributed by atoms with E-state index in [1.165, 1.54) is 36.9 Å². The van der Waals surface area contributed by atoms with Crippen LogP contribution in [0.5, 0.6) is 0 Å². The molecule has 0 aliphatic rings. The summed E-state index contributed by atoms with van der Waals surface area (Å²) in [6, 6.07) is 9.11. The van der Waals surface area contributed by atoms with Crippen molar-refractivity contribution in [2.24, 2.45) is 0 Å². The molecule has 0 unspecified atom stereocenters. The van der Waals surface area contributed by atoms with Crippen LogP contribution in [-0.2, 0) is 0 Å². The van der Waals surface area contributed by atoms with Crippen LogP contribution >= 0.6 is 0 Å². The van der Waals surface area contributed by atoms with Gasteiger partial charge in [-0.3, -0.25) is 0 Å². The molecule has 0 heterocycles. The molecular formula is C17H31LiNSi. The van der Waals surface area contributed by atoms with Gasteiger partial charge in [0, 0.05) is 12.2 Å². The molecule has 0 atom stereocenters. The Morgan fingerprint density at radius 3 is 2.05 bits per heavy atom. The second kappa shape index (κ2) is 9.71. The van der Waals surface area contributed by atoms with Crippen LogP contribution in [0.2, 0.25) is 19.6 Å². The molecule has 0 saturated heterocycles. The Hall–Kier alpha value is -0.166. The maximum atomic E-state index is 2.58. The molecule has 0 N–H and O–H groups in total. The molecule has 1 radical (unpaired) electrons. The number of nitrogens with zero attached hydrogens (tertiary/aromatic N) is 1. The first-order valence-corrected chi connectivity index (χ1v) is 11.1. The minimum absolute atomic E-state index is 0. The fourth-order valence-electron chi connectivity index (χ4n) is 2.50. The predicted molar refractivity (Wildman–Crippen MR) is 97.5 cm³/mol. The van der Waals surface area contributed by atoms with Gasteiger partial charge in [0.25, 0.3) is 0 Å². The first-order valence-electron chi connectivity index (χ1n) is 7.70. The topological polar surface area (TPSA) is 3.24 Å². The molecule has 0 saturated carbocycles. The standard InChI is InChI=1S/C17H30NSi.Li.H/c1-6-8-9-10-11-16-12-14-17(15-13-16)18(7-2)19(3,4)5;;/h11-15H,6-10H2,1-5H3;;. The Morgan fingerprint density at radius 1 is 1.00 bits per heavy atom. The molecule has 1 rings (SSSR count). The monoisotopic (exact) mass is 284 g/mol. The van der Waals surface area contributed by atoms with E-state index in [0.29, 0.717) is 0 Å². The van der Waals surface area contributed by atoms with E-state index >= 15 is 0 Å². The third-order valence-electron chi connectivity index (χ3n) is 3.52. The van der Waals surface area contributed by atoms with Gasteiger partial charge in [0.1, 0.15) is 8.24 Å². The van der Waals surface area contributed by atoms with E-state index in [0.717, 1.165) is 6.54 Å². The molecule has 0 amide bonds. The first-order chi connectivity index (χ1) is 8.99. The molecule has 1 aromatic rings. The first kappa shape index (κ1) is 19.8. The van der Waals surface area contributed by atoms with Crippen LogP contribution in [-0.4, -0.2) is 33.6 Å². The van der Waals surface area contributed by atoms with Gasteiger partial charge in [0.05, 0.1) is 0 Å². The summed E-state index contributed by atoms with van der Waals surface area (Å²) in [6.07, 6.45) is 7.53. The van der Waals surface area contributed by atoms with Gasteiger partial charge in [-0.25, -0.2) is 0 Å². The van der Waals surface area contributed by atoms with E-state index in [1.807, 2.05) is 0 Å². The fourth-order valence-corrected chi connectivity index (χ4v) is 4.37. The Balaban J connectivity index is 0.00000361. The van der Waals surface area contributed by atoms with E-state index in [-0.39, 0.29) is 18.9 Å². The van der Waals surface area contributed by atoms with Gasteiger partial charge in [0.2, 0.25) is 0 Å². The number of benzene rings is 1. The van der Waals surface area contributed by atoms with Crippen LogP contribution in [0.15, 0.2) is 24.3 Å². The summed E-state index contributed by atoms with van der Waals surface area (Å²) in [5, 5.41) is 0. The second-order valence-electron chi connectivity index (χ2n) is 6.21. The summed E-state index contributed by atoms with van der Waals surface area (Å²) in [7, 11) is -1.26. The fraction of sp³-hybridized carbons (Fsp3) is 0.588. The zero-order chi connectivity index (χ0) is 14.3. The van der Waals surface area contributed by atoms with Gasteiger partial charge in [-0.1, -0.05) is 58.0 Å². The Morgan fingerprint density at radius 2 is 1.60 bits per heavy atom. The molecule has 0 aliphatic heterocycles. The van der Waals surface area contributed by atoms with E-state index < -0.39 is 8.24 Å². The summed E-state index contributed by atoms with van der Waals surface area (Å²) in [6.45, 7) is 12.8. The molecule has 1 aromatic carbocycles. The number of rotatable bonds is 8. The molecule has 1 nitrogen and oxygen atoms in total. The third-order valence-corrected chi connectivity index (χ3v) is 5.71. The van der Waals surface area contributed by atoms with Crippen molar-refractivity contribution in [3.8, 4) is 0 Å². The molecule has 0 aromatic heterocycles. The van der Waals surface area contributed by atoms with Crippen molar-refractivity contribution >= 4 is 32.8 Å². The van der Waals surface area contributed by atoms with Crippen molar-refractivity contribution in [2.45, 2.75) is 59.2 Å². The summed E-state index contributed by atoms with van der Waals surface area (Å²) < 4.78 is 2.58. The Bertz CT molecular complexity index is 356. The predicted octanol–water partition coefficient (Wildman–Crippen LogP) is 4.83. The molecule has 0 bridgehead atoms. The van der Waals surface area contributed by atoms with Crippen LogP contribution in [0.1, 0.15) is 45.1 Å². The summed E-state index contributed by atoms with van der Waals surface area (Å²) in [5.41, 5.74) is 2.75. The van der Waals surface area contributed by atoms with Crippen molar-refractivity contribution in [1.29, 1.82) is 0 Å². The van der Waals surface area contributed by atoms with Crippen LogP contribution in [0, 0.1) is 6.42 Å². The average molecular weight is 284 g/mol. The van der Waals surface area contributed by atoms with Gasteiger partial charge in [-0.2, -0.15) is 0 Å². The molecule has 0 spiro atoms. The molecular weight excluding hydrogens is 253 g/mol. The van der Waals surface area contributed by atoms with Crippen LogP contribution in [0.4, 0.5) is 5.69 Å². The van der Waals surface area contributed by atoms with Crippen molar-refractivity contribution < 1.29 is 0 Å². The van der Waals surface area contributed by atoms with Crippen LogP contribution < -0.4 is 4.57 Å². The molecule has 20 heavy (non-hydrogen) atoms. The van der Waals surface area contributed by atoms with Crippen molar-refractivity contribution in [3.05, 3.63) is 36.2 Å². The van der Waals surface area contributed by atoms with Crippen LogP contribution in [0.3, 0.4) is 0 Å². The molecule has 0 fully saturated rings. The van der Waals surface area contributed by atoms with E-state index in [4.69, 9.17) is 0 Å². The van der Waals surface area contributed by atoms with E-state index in [9.17, 15) is 0 Å². The number of anilines is 1. The SMILES string of the molecule is CCCCC[CH]c1ccc(N(CC)[Si](C)(C)C)cc1.[LiH]. The van der Waals surface area contributed by atoms with Gasteiger partial charge in [0.15, 0.2) is 0 Å². The average Bonchev–Trinajstić information content (AvgIpc) is 2.35. The minimum atomic E-state index is -1.26. The maximum absolute atomic E-state index is 2.58. The second-order valence-corrected chi connectivity index (χ2v) is 11.1. The van der Waals surface area contributed by atoms with Gasteiger partial charge >= 0.3 is 18.9 Å². The van der Waals surface area contributed by atoms with E-state index in [1.54, 1.807) is 0 Å². The molecule has 0 aliphatic carbocycles. The third kappa shape index (κ3) is 6.52. The summed E-state index contributed by atoms with van der Waals surface area (Å²) in [4.78, 5) is 0. The number of unbranched alkanes of at least 4 members (excludes halogenated alkanes) is 3. The van der Waals surface area contributed by atoms with E-state index in [2.05, 4.69) is 68.7 Å². The Kier molecular flexibility index (Phi) is 9.63. The summed E-state index contributed by atoms with van der Waals surface area (Å²) >= 11 is 0. The van der Waals surface area contributed by atoms with Gasteiger partial charge in [-0.15, -0.1) is 0 Å². The Labute approximate surface area is 139 Å². The number of hydrogen-bond acceptors (Lipinski definition) is 1. The number of hydrogen-bond donors (Lipinski definition) is 0. The van der Waals surface area contributed by atoms with Crippen molar-refractivity contribution in [3.63, 3.8) is 0 Å². The van der Waals surface area contributed by atoms with Crippen LogP contribution in [0.25, 0.3) is 0 Å². The quantitative estimate of drug-likeness (QED) is 0.488. The van der Waals surface area contributed by atoms with Gasteiger partial charge < -0.3 is 4.57 Å².